The monoisotopic (exact) mass is 400 g/mol. The van der Waals surface area contributed by atoms with Gasteiger partial charge in [-0.2, -0.15) is 5.26 Å². The van der Waals surface area contributed by atoms with Crippen LogP contribution in [0.4, 0.5) is 0 Å². The summed E-state index contributed by atoms with van der Waals surface area (Å²) < 4.78 is 0. The predicted molar refractivity (Wildman–Crippen MR) is 107 cm³/mol. The number of amides is 1. The van der Waals surface area contributed by atoms with E-state index in [1.165, 1.54) is 4.90 Å². The molecule has 1 aliphatic heterocycles. The van der Waals surface area contributed by atoms with Crippen molar-refractivity contribution in [2.75, 3.05) is 6.54 Å². The summed E-state index contributed by atoms with van der Waals surface area (Å²) in [4.78, 5) is 19.3. The standard InChI is InChI=1S/C21H25ClN4O2/c1-11-8-20(12(2)16(11)27)14-6-5-13(9-23)7-15(14)21(20)17(28)26(18(24)25-21)10-19(3,4)22/h5-7,11-12,16,27H,8,10H2,1-4H3,(H2,24,25)/t11-,12-,16+,20+,21?/m1/s1. The van der Waals surface area contributed by atoms with Gasteiger partial charge in [0.05, 0.1) is 22.6 Å². The normalized spacial score (nSPS) is 36.5. The average molecular weight is 401 g/mol. The first-order valence-electron chi connectivity index (χ1n) is 9.59. The number of guanidine groups is 1. The van der Waals surface area contributed by atoms with Gasteiger partial charge < -0.3 is 10.8 Å². The number of carbonyl (C=O) groups excluding carboxylic acids is 1. The molecule has 2 spiro atoms. The molecule has 1 heterocycles. The van der Waals surface area contributed by atoms with Gasteiger partial charge in [-0.25, -0.2) is 4.99 Å². The van der Waals surface area contributed by atoms with Crippen molar-refractivity contribution in [1.82, 2.24) is 4.90 Å². The fourth-order valence-electron chi connectivity index (χ4n) is 5.68. The number of benzene rings is 1. The van der Waals surface area contributed by atoms with Crippen molar-refractivity contribution >= 4 is 23.5 Å². The van der Waals surface area contributed by atoms with Gasteiger partial charge in [0.25, 0.3) is 5.91 Å². The molecule has 0 radical (unpaired) electrons. The quantitative estimate of drug-likeness (QED) is 0.743. The van der Waals surface area contributed by atoms with Crippen LogP contribution in [-0.2, 0) is 15.7 Å². The highest BCUT2D eigenvalue weighted by atomic mass is 35.5. The van der Waals surface area contributed by atoms with Crippen molar-refractivity contribution in [2.24, 2.45) is 22.6 Å². The number of aliphatic imine (C=N–C) groups is 1. The van der Waals surface area contributed by atoms with Crippen molar-refractivity contribution in [3.8, 4) is 6.07 Å². The summed E-state index contributed by atoms with van der Waals surface area (Å²) in [7, 11) is 0. The van der Waals surface area contributed by atoms with E-state index in [1.54, 1.807) is 12.1 Å². The maximum atomic E-state index is 13.8. The lowest BCUT2D eigenvalue weighted by Gasteiger charge is -2.56. The van der Waals surface area contributed by atoms with Crippen LogP contribution in [0.2, 0.25) is 0 Å². The summed E-state index contributed by atoms with van der Waals surface area (Å²) in [6, 6.07) is 7.56. The van der Waals surface area contributed by atoms with Crippen LogP contribution in [0.25, 0.3) is 0 Å². The molecule has 1 saturated carbocycles. The number of nitrogens with zero attached hydrogens (tertiary/aromatic N) is 3. The zero-order chi connectivity index (χ0) is 20.6. The number of rotatable bonds is 2. The summed E-state index contributed by atoms with van der Waals surface area (Å²) in [6.07, 6.45) is 0.0953. The Morgan fingerprint density at radius 1 is 1.43 bits per heavy atom. The minimum Gasteiger partial charge on any atom is -0.393 e. The number of hydrogen-bond acceptors (Lipinski definition) is 5. The number of aliphatic hydroxyl groups excluding tert-OH is 1. The molecule has 1 unspecified atom stereocenters. The minimum atomic E-state index is -1.20. The van der Waals surface area contributed by atoms with Crippen LogP contribution in [-0.4, -0.2) is 39.4 Å². The van der Waals surface area contributed by atoms with Gasteiger partial charge in [-0.1, -0.05) is 19.9 Å². The molecule has 3 aliphatic rings. The zero-order valence-corrected chi connectivity index (χ0v) is 17.3. The lowest BCUT2D eigenvalue weighted by Crippen LogP contribution is -2.64. The second-order valence-electron chi connectivity index (χ2n) is 9.09. The van der Waals surface area contributed by atoms with Crippen molar-refractivity contribution in [3.63, 3.8) is 0 Å². The van der Waals surface area contributed by atoms with Crippen LogP contribution in [0.15, 0.2) is 23.2 Å². The molecule has 0 aromatic heterocycles. The minimum absolute atomic E-state index is 0.0263. The van der Waals surface area contributed by atoms with Gasteiger partial charge in [0.2, 0.25) is 0 Å². The van der Waals surface area contributed by atoms with Crippen molar-refractivity contribution in [3.05, 3.63) is 34.9 Å². The molecular formula is C21H25ClN4O2. The Morgan fingerprint density at radius 3 is 2.64 bits per heavy atom. The van der Waals surface area contributed by atoms with E-state index in [0.29, 0.717) is 12.0 Å². The van der Waals surface area contributed by atoms with E-state index in [-0.39, 0.29) is 30.2 Å². The number of alkyl halides is 1. The third kappa shape index (κ3) is 2.12. The van der Waals surface area contributed by atoms with Crippen molar-refractivity contribution in [2.45, 2.75) is 56.0 Å². The van der Waals surface area contributed by atoms with E-state index in [0.717, 1.165) is 11.1 Å². The summed E-state index contributed by atoms with van der Waals surface area (Å²) in [6.45, 7) is 7.85. The topological polar surface area (TPSA) is 103 Å². The third-order valence-corrected chi connectivity index (χ3v) is 6.95. The van der Waals surface area contributed by atoms with Gasteiger partial charge in [0.15, 0.2) is 11.5 Å². The first kappa shape index (κ1) is 19.2. The fraction of sp³-hybridized carbons (Fsp3) is 0.571. The molecule has 1 aromatic rings. The van der Waals surface area contributed by atoms with E-state index in [9.17, 15) is 15.2 Å². The Bertz CT molecular complexity index is 947. The zero-order valence-electron chi connectivity index (χ0n) is 16.5. The molecule has 28 heavy (non-hydrogen) atoms. The molecule has 7 heteroatoms. The van der Waals surface area contributed by atoms with Crippen LogP contribution in [0, 0.1) is 23.2 Å². The van der Waals surface area contributed by atoms with Gasteiger partial charge >= 0.3 is 0 Å². The molecule has 148 valence electrons. The number of nitrogens with two attached hydrogens (primary N) is 1. The molecule has 1 amide bonds. The SMILES string of the molecule is C[C@@H]1C[C@@]2(c3ccc(C#N)cc3C23N=C(N)N(CC(C)(C)Cl)C3=O)[C@H](C)[C@H]1O. The number of fused-ring (bicyclic) bond motifs is 4. The van der Waals surface area contributed by atoms with Crippen LogP contribution in [0.3, 0.4) is 0 Å². The highest BCUT2D eigenvalue weighted by molar-refractivity contribution is 6.24. The Hall–Kier alpha value is -2.10. The van der Waals surface area contributed by atoms with Crippen LogP contribution >= 0.6 is 11.6 Å². The Labute approximate surface area is 170 Å². The maximum absolute atomic E-state index is 13.8. The lowest BCUT2D eigenvalue weighted by atomic mass is 9.47. The largest absolute Gasteiger partial charge is 0.393 e. The Balaban J connectivity index is 1.93. The van der Waals surface area contributed by atoms with Crippen LogP contribution in [0.5, 0.6) is 0 Å². The van der Waals surface area contributed by atoms with Gasteiger partial charge in [-0.3, -0.25) is 9.69 Å². The highest BCUT2D eigenvalue weighted by Gasteiger charge is 2.75. The smallest absolute Gasteiger partial charge is 0.262 e. The number of aliphatic hydroxyl groups is 1. The van der Waals surface area contributed by atoms with E-state index in [2.05, 4.69) is 6.07 Å². The average Bonchev–Trinajstić information content (AvgIpc) is 3.02. The number of halogens is 1. The van der Waals surface area contributed by atoms with E-state index in [1.807, 2.05) is 33.8 Å². The van der Waals surface area contributed by atoms with E-state index < -0.39 is 21.9 Å². The van der Waals surface area contributed by atoms with Crippen LogP contribution < -0.4 is 5.73 Å². The van der Waals surface area contributed by atoms with Gasteiger partial charge in [-0.05, 0) is 55.4 Å². The third-order valence-electron chi connectivity index (χ3n) is 6.83. The molecule has 2 aliphatic carbocycles. The van der Waals surface area contributed by atoms with Crippen LogP contribution in [0.1, 0.15) is 50.8 Å². The molecule has 1 fully saturated rings. The maximum Gasteiger partial charge on any atom is 0.262 e. The first-order valence-corrected chi connectivity index (χ1v) is 9.97. The molecule has 4 rings (SSSR count). The molecule has 0 saturated heterocycles. The summed E-state index contributed by atoms with van der Waals surface area (Å²) in [5.74, 6) is -0.215. The lowest BCUT2D eigenvalue weighted by molar-refractivity contribution is -0.137. The van der Waals surface area contributed by atoms with E-state index >= 15 is 0 Å². The summed E-state index contributed by atoms with van der Waals surface area (Å²) in [5.41, 5.74) is 6.57. The summed E-state index contributed by atoms with van der Waals surface area (Å²) >= 11 is 6.38. The highest BCUT2D eigenvalue weighted by Crippen LogP contribution is 2.69. The number of carbonyl (C=O) groups is 1. The molecule has 0 bridgehead atoms. The summed E-state index contributed by atoms with van der Waals surface area (Å²) in [5, 5.41) is 20.1. The Kier molecular flexibility index (Phi) is 3.92. The molecule has 1 aromatic carbocycles. The number of hydrogen-bond donors (Lipinski definition) is 2. The second kappa shape index (κ2) is 5.71. The van der Waals surface area contributed by atoms with E-state index in [4.69, 9.17) is 22.3 Å². The predicted octanol–water partition coefficient (Wildman–Crippen LogP) is 2.22. The molecule has 6 nitrogen and oxygen atoms in total. The molecule has 3 N–H and O–H groups in total. The van der Waals surface area contributed by atoms with Gasteiger partial charge in [0.1, 0.15) is 0 Å². The Morgan fingerprint density at radius 2 is 2.11 bits per heavy atom. The second-order valence-corrected chi connectivity index (χ2v) is 10.1. The fourth-order valence-corrected chi connectivity index (χ4v) is 5.80. The number of nitriles is 1. The molecular weight excluding hydrogens is 376 g/mol. The van der Waals surface area contributed by atoms with Gasteiger partial charge in [-0.15, -0.1) is 11.6 Å². The van der Waals surface area contributed by atoms with Crippen molar-refractivity contribution < 1.29 is 9.90 Å². The van der Waals surface area contributed by atoms with Gasteiger partial charge in [0, 0.05) is 12.0 Å². The molecule has 5 atom stereocenters. The first-order chi connectivity index (χ1) is 13.0. The van der Waals surface area contributed by atoms with Crippen molar-refractivity contribution in [1.29, 1.82) is 5.26 Å².